The van der Waals surface area contributed by atoms with Crippen LogP contribution in [0.2, 0.25) is 0 Å². The zero-order valence-corrected chi connectivity index (χ0v) is 12.1. The molecule has 21 heavy (non-hydrogen) atoms. The van der Waals surface area contributed by atoms with E-state index in [1.165, 1.54) is 0 Å². The Hall–Kier alpha value is -2.27. The Morgan fingerprint density at radius 1 is 1.10 bits per heavy atom. The fourth-order valence-corrected chi connectivity index (χ4v) is 2.12. The van der Waals surface area contributed by atoms with Gasteiger partial charge in [0.15, 0.2) is 0 Å². The molecule has 0 saturated carbocycles. The molecule has 0 amide bonds. The van der Waals surface area contributed by atoms with Gasteiger partial charge < -0.3 is 5.11 Å². The minimum Gasteiger partial charge on any atom is -0.480 e. The summed E-state index contributed by atoms with van der Waals surface area (Å²) in [5.41, 5.74) is 2.75. The van der Waals surface area contributed by atoms with Crippen LogP contribution in [-0.2, 0) is 24.3 Å². The Labute approximate surface area is 124 Å². The molecule has 2 aromatic heterocycles. The summed E-state index contributed by atoms with van der Waals surface area (Å²) in [7, 11) is 0. The van der Waals surface area contributed by atoms with E-state index >= 15 is 0 Å². The highest BCUT2D eigenvalue weighted by atomic mass is 16.4. The molecule has 5 heteroatoms. The largest absolute Gasteiger partial charge is 0.480 e. The third kappa shape index (κ3) is 4.96. The molecule has 0 radical (unpaired) electrons. The number of hydrogen-bond donors (Lipinski definition) is 1. The molecule has 0 saturated heterocycles. The van der Waals surface area contributed by atoms with Crippen LogP contribution < -0.4 is 0 Å². The molecule has 0 bridgehead atoms. The second kappa shape index (κ2) is 7.50. The highest BCUT2D eigenvalue weighted by Gasteiger charge is 2.12. The summed E-state index contributed by atoms with van der Waals surface area (Å²) in [6.07, 6.45) is 2.58. The van der Waals surface area contributed by atoms with Crippen molar-refractivity contribution in [3.8, 4) is 0 Å². The van der Waals surface area contributed by atoms with Crippen molar-refractivity contribution in [3.05, 3.63) is 59.7 Å². The maximum Gasteiger partial charge on any atom is 0.317 e. The Morgan fingerprint density at radius 3 is 2.48 bits per heavy atom. The van der Waals surface area contributed by atoms with E-state index in [0.717, 1.165) is 23.5 Å². The zero-order chi connectivity index (χ0) is 15.1. The van der Waals surface area contributed by atoms with Crippen LogP contribution in [0.25, 0.3) is 0 Å². The average Bonchev–Trinajstić information content (AvgIpc) is 2.48. The lowest BCUT2D eigenvalue weighted by atomic mass is 10.2. The Bertz CT molecular complexity index is 587. The molecule has 0 aromatic carbocycles. The first-order chi connectivity index (χ1) is 10.2. The van der Waals surface area contributed by atoms with Gasteiger partial charge in [0.1, 0.15) is 0 Å². The van der Waals surface area contributed by atoms with E-state index in [9.17, 15) is 4.79 Å². The molecule has 0 spiro atoms. The van der Waals surface area contributed by atoms with Gasteiger partial charge in [-0.3, -0.25) is 19.7 Å². The van der Waals surface area contributed by atoms with Crippen molar-refractivity contribution in [3.63, 3.8) is 0 Å². The number of rotatable bonds is 7. The summed E-state index contributed by atoms with van der Waals surface area (Å²) in [6.45, 7) is 3.01. The fourth-order valence-electron chi connectivity index (χ4n) is 2.12. The van der Waals surface area contributed by atoms with Gasteiger partial charge in [0, 0.05) is 25.0 Å². The van der Waals surface area contributed by atoms with Crippen LogP contribution in [0, 0.1) is 0 Å². The van der Waals surface area contributed by atoms with E-state index < -0.39 is 5.97 Å². The van der Waals surface area contributed by atoms with Crippen LogP contribution in [0.1, 0.15) is 24.0 Å². The van der Waals surface area contributed by atoms with E-state index in [2.05, 4.69) is 16.9 Å². The number of carbonyl (C=O) groups is 1. The van der Waals surface area contributed by atoms with Gasteiger partial charge in [-0.2, -0.15) is 0 Å². The molecule has 2 heterocycles. The molecule has 2 rings (SSSR count). The molecule has 0 atom stereocenters. The van der Waals surface area contributed by atoms with Gasteiger partial charge in [0.2, 0.25) is 0 Å². The van der Waals surface area contributed by atoms with Gasteiger partial charge in [-0.05, 0) is 30.7 Å². The first-order valence-electron chi connectivity index (χ1n) is 6.96. The van der Waals surface area contributed by atoms with Crippen molar-refractivity contribution in [2.75, 3.05) is 6.54 Å². The van der Waals surface area contributed by atoms with Gasteiger partial charge in [-0.1, -0.05) is 19.1 Å². The molecule has 1 N–H and O–H groups in total. The lowest BCUT2D eigenvalue weighted by molar-refractivity contribution is -0.138. The molecule has 110 valence electrons. The second-order valence-electron chi connectivity index (χ2n) is 4.83. The van der Waals surface area contributed by atoms with Gasteiger partial charge in [0.05, 0.1) is 17.9 Å². The van der Waals surface area contributed by atoms with Crippen molar-refractivity contribution in [2.45, 2.75) is 26.4 Å². The van der Waals surface area contributed by atoms with Crippen molar-refractivity contribution < 1.29 is 9.90 Å². The molecule has 2 aromatic rings. The SMILES string of the molecule is CCc1cccc(CN(CC(=O)O)Cc2ccccn2)n1. The monoisotopic (exact) mass is 285 g/mol. The third-order valence-corrected chi connectivity index (χ3v) is 3.08. The Morgan fingerprint density at radius 2 is 1.81 bits per heavy atom. The first kappa shape index (κ1) is 15.1. The van der Waals surface area contributed by atoms with E-state index in [4.69, 9.17) is 5.11 Å². The predicted molar refractivity (Wildman–Crippen MR) is 79.6 cm³/mol. The number of pyridine rings is 2. The number of carboxylic acids is 1. The first-order valence-corrected chi connectivity index (χ1v) is 6.96. The van der Waals surface area contributed by atoms with Crippen LogP contribution in [0.3, 0.4) is 0 Å². The standard InChI is InChI=1S/C16H19N3O2/c1-2-13-7-5-8-15(18-13)11-19(12-16(20)21)10-14-6-3-4-9-17-14/h3-9H,2,10-12H2,1H3,(H,20,21). The maximum absolute atomic E-state index is 11.0. The van der Waals surface area contributed by atoms with Crippen molar-refractivity contribution in [1.82, 2.24) is 14.9 Å². The Balaban J connectivity index is 2.10. The summed E-state index contributed by atoms with van der Waals surface area (Å²) >= 11 is 0. The number of aryl methyl sites for hydroxylation is 1. The molecule has 0 aliphatic rings. The van der Waals surface area contributed by atoms with E-state index in [1.54, 1.807) is 6.20 Å². The predicted octanol–water partition coefficient (Wildman–Crippen LogP) is 2.13. The van der Waals surface area contributed by atoms with E-state index in [0.29, 0.717) is 13.1 Å². The Kier molecular flexibility index (Phi) is 5.40. The number of nitrogens with zero attached hydrogens (tertiary/aromatic N) is 3. The lowest BCUT2D eigenvalue weighted by Gasteiger charge is -2.19. The minimum atomic E-state index is -0.849. The van der Waals surface area contributed by atoms with Gasteiger partial charge in [0.25, 0.3) is 0 Å². The van der Waals surface area contributed by atoms with Crippen LogP contribution in [-0.4, -0.2) is 32.5 Å². The molecule has 5 nitrogen and oxygen atoms in total. The van der Waals surface area contributed by atoms with Gasteiger partial charge in [-0.15, -0.1) is 0 Å². The number of aromatic nitrogens is 2. The molecular weight excluding hydrogens is 266 g/mol. The second-order valence-corrected chi connectivity index (χ2v) is 4.83. The minimum absolute atomic E-state index is 0.0331. The summed E-state index contributed by atoms with van der Waals surface area (Å²) in [5.74, 6) is -0.849. The van der Waals surface area contributed by atoms with Gasteiger partial charge in [-0.25, -0.2) is 0 Å². The maximum atomic E-state index is 11.0. The van der Waals surface area contributed by atoms with Crippen molar-refractivity contribution >= 4 is 5.97 Å². The topological polar surface area (TPSA) is 66.3 Å². The molecule has 0 aliphatic carbocycles. The van der Waals surface area contributed by atoms with Crippen LogP contribution in [0.15, 0.2) is 42.6 Å². The number of hydrogen-bond acceptors (Lipinski definition) is 4. The van der Waals surface area contributed by atoms with Crippen molar-refractivity contribution in [2.24, 2.45) is 0 Å². The fraction of sp³-hybridized carbons (Fsp3) is 0.312. The summed E-state index contributed by atoms with van der Waals surface area (Å²) in [4.78, 5) is 21.6. The lowest BCUT2D eigenvalue weighted by Crippen LogP contribution is -2.29. The van der Waals surface area contributed by atoms with Crippen molar-refractivity contribution in [1.29, 1.82) is 0 Å². The van der Waals surface area contributed by atoms with Crippen LogP contribution in [0.4, 0.5) is 0 Å². The number of carboxylic acid groups (broad SMARTS) is 1. The molecule has 0 aliphatic heterocycles. The summed E-state index contributed by atoms with van der Waals surface area (Å²) < 4.78 is 0. The molecular formula is C16H19N3O2. The third-order valence-electron chi connectivity index (χ3n) is 3.08. The average molecular weight is 285 g/mol. The molecule has 0 unspecified atom stereocenters. The highest BCUT2D eigenvalue weighted by Crippen LogP contribution is 2.08. The zero-order valence-electron chi connectivity index (χ0n) is 12.1. The summed E-state index contributed by atoms with van der Waals surface area (Å²) in [6, 6.07) is 11.5. The van der Waals surface area contributed by atoms with Crippen LogP contribution >= 0.6 is 0 Å². The highest BCUT2D eigenvalue weighted by molar-refractivity contribution is 5.69. The van der Waals surface area contributed by atoms with Gasteiger partial charge >= 0.3 is 5.97 Å². The summed E-state index contributed by atoms with van der Waals surface area (Å²) in [5, 5.41) is 9.06. The normalized spacial score (nSPS) is 10.8. The number of aliphatic carboxylic acids is 1. The van der Waals surface area contributed by atoms with Crippen LogP contribution in [0.5, 0.6) is 0 Å². The molecule has 0 fully saturated rings. The van der Waals surface area contributed by atoms with E-state index in [-0.39, 0.29) is 6.54 Å². The van der Waals surface area contributed by atoms with E-state index in [1.807, 2.05) is 41.3 Å². The quantitative estimate of drug-likeness (QED) is 0.844. The smallest absolute Gasteiger partial charge is 0.317 e.